The minimum Gasteiger partial charge on any atom is -0.493 e. The minimum absolute atomic E-state index is 0. The van der Waals surface area contributed by atoms with Gasteiger partial charge in [-0.25, -0.2) is 4.99 Å². The zero-order chi connectivity index (χ0) is 23.3. The van der Waals surface area contributed by atoms with Gasteiger partial charge in [0.25, 0.3) is 5.91 Å². The number of rotatable bonds is 11. The van der Waals surface area contributed by atoms with E-state index < -0.39 is 0 Å². The first-order chi connectivity index (χ1) is 15.5. The summed E-state index contributed by atoms with van der Waals surface area (Å²) in [7, 11) is 5.09. The van der Waals surface area contributed by atoms with Crippen molar-refractivity contribution in [2.45, 2.75) is 19.9 Å². The van der Waals surface area contributed by atoms with Gasteiger partial charge in [-0.05, 0) is 48.7 Å². The molecule has 0 spiro atoms. The van der Waals surface area contributed by atoms with Gasteiger partial charge in [-0.2, -0.15) is 0 Å². The van der Waals surface area contributed by atoms with Crippen molar-refractivity contribution in [1.29, 1.82) is 0 Å². The van der Waals surface area contributed by atoms with Gasteiger partial charge in [0.15, 0.2) is 17.5 Å². The van der Waals surface area contributed by atoms with E-state index in [0.717, 1.165) is 24.1 Å². The minimum atomic E-state index is -0.0524. The van der Waals surface area contributed by atoms with Crippen LogP contribution in [0.4, 0.5) is 0 Å². The van der Waals surface area contributed by atoms with Crippen LogP contribution in [0.1, 0.15) is 28.4 Å². The Bertz CT molecular complexity index is 906. The van der Waals surface area contributed by atoms with E-state index in [4.69, 9.17) is 14.6 Å². The van der Waals surface area contributed by atoms with Crippen molar-refractivity contribution in [3.63, 3.8) is 0 Å². The molecule has 0 saturated carbocycles. The molecule has 182 valence electrons. The molecular formula is C24H35IN4O4. The van der Waals surface area contributed by atoms with E-state index in [9.17, 15) is 4.79 Å². The second-order valence-electron chi connectivity index (χ2n) is 7.33. The van der Waals surface area contributed by atoms with Crippen molar-refractivity contribution >= 4 is 35.8 Å². The molecule has 2 aromatic carbocycles. The second kappa shape index (κ2) is 15.3. The lowest BCUT2D eigenvalue weighted by Gasteiger charge is -2.13. The number of ether oxygens (including phenoxy) is 2. The Morgan fingerprint density at radius 1 is 1.09 bits per heavy atom. The average Bonchev–Trinajstić information content (AvgIpc) is 2.81. The number of aliphatic imine (C=N–C) groups is 1. The average molecular weight is 570 g/mol. The van der Waals surface area contributed by atoms with Gasteiger partial charge in [0.1, 0.15) is 6.61 Å². The van der Waals surface area contributed by atoms with Gasteiger partial charge < -0.3 is 30.1 Å². The highest BCUT2D eigenvalue weighted by molar-refractivity contribution is 14.0. The smallest absolute Gasteiger partial charge is 0.253 e. The van der Waals surface area contributed by atoms with E-state index >= 15 is 0 Å². The molecule has 0 aliphatic rings. The number of amides is 1. The molecule has 1 amide bonds. The Morgan fingerprint density at radius 2 is 1.88 bits per heavy atom. The molecule has 0 aromatic heterocycles. The number of hydrogen-bond acceptors (Lipinski definition) is 5. The largest absolute Gasteiger partial charge is 0.493 e. The second-order valence-corrected chi connectivity index (χ2v) is 7.33. The monoisotopic (exact) mass is 570 g/mol. The summed E-state index contributed by atoms with van der Waals surface area (Å²) in [4.78, 5) is 18.4. The Kier molecular flexibility index (Phi) is 13.2. The van der Waals surface area contributed by atoms with Gasteiger partial charge in [-0.15, -0.1) is 24.0 Å². The predicted octanol–water partition coefficient (Wildman–Crippen LogP) is 2.68. The van der Waals surface area contributed by atoms with Gasteiger partial charge >= 0.3 is 0 Å². The molecule has 0 aliphatic carbocycles. The summed E-state index contributed by atoms with van der Waals surface area (Å²) in [5.41, 5.74) is 2.75. The van der Waals surface area contributed by atoms with Crippen LogP contribution in [-0.2, 0) is 13.0 Å². The SMILES string of the molecule is CCNC(=NCc1ccc(OCCO)c(OC)c1)NCCc1cccc(C(=O)N(C)C)c1.I. The summed E-state index contributed by atoms with van der Waals surface area (Å²) < 4.78 is 10.8. The molecule has 0 bridgehead atoms. The third kappa shape index (κ3) is 9.47. The summed E-state index contributed by atoms with van der Waals surface area (Å²) in [6.45, 7) is 4.08. The van der Waals surface area contributed by atoms with Crippen molar-refractivity contribution < 1.29 is 19.4 Å². The summed E-state index contributed by atoms with van der Waals surface area (Å²) in [5.74, 6) is 1.91. The molecule has 0 atom stereocenters. The standard InChI is InChI=1S/C24H34N4O4.HI/c1-5-25-24(26-12-11-18-7-6-8-20(15-18)23(30)28(2)3)27-17-19-9-10-21(32-14-13-29)22(16-19)31-4;/h6-10,15-16,29H,5,11-14,17H2,1-4H3,(H2,25,26,27);1H. The first-order valence-electron chi connectivity index (χ1n) is 10.7. The van der Waals surface area contributed by atoms with E-state index in [1.54, 1.807) is 26.1 Å². The van der Waals surface area contributed by atoms with Crippen LogP contribution in [0.5, 0.6) is 11.5 Å². The van der Waals surface area contributed by atoms with Crippen molar-refractivity contribution in [1.82, 2.24) is 15.5 Å². The Morgan fingerprint density at radius 3 is 2.55 bits per heavy atom. The highest BCUT2D eigenvalue weighted by Crippen LogP contribution is 2.28. The summed E-state index contributed by atoms with van der Waals surface area (Å²) in [5, 5.41) is 15.5. The number of nitrogens with zero attached hydrogens (tertiary/aromatic N) is 2. The van der Waals surface area contributed by atoms with E-state index in [2.05, 4.69) is 15.6 Å². The maximum absolute atomic E-state index is 12.2. The number of hydrogen-bond donors (Lipinski definition) is 3. The fourth-order valence-electron chi connectivity index (χ4n) is 3.04. The molecule has 0 fully saturated rings. The fraction of sp³-hybridized carbons (Fsp3) is 0.417. The summed E-state index contributed by atoms with van der Waals surface area (Å²) in [6, 6.07) is 13.3. The number of halogens is 1. The Labute approximate surface area is 213 Å². The summed E-state index contributed by atoms with van der Waals surface area (Å²) >= 11 is 0. The third-order valence-corrected chi connectivity index (χ3v) is 4.63. The Balaban J connectivity index is 0.00000544. The van der Waals surface area contributed by atoms with Crippen LogP contribution in [0.3, 0.4) is 0 Å². The van der Waals surface area contributed by atoms with Crippen LogP contribution >= 0.6 is 24.0 Å². The first-order valence-corrected chi connectivity index (χ1v) is 10.7. The molecule has 0 unspecified atom stereocenters. The number of aliphatic hydroxyl groups excluding tert-OH is 1. The van der Waals surface area contributed by atoms with Gasteiger partial charge in [-0.1, -0.05) is 18.2 Å². The molecule has 9 heteroatoms. The zero-order valence-corrected chi connectivity index (χ0v) is 22.1. The predicted molar refractivity (Wildman–Crippen MR) is 142 cm³/mol. The molecule has 33 heavy (non-hydrogen) atoms. The van der Waals surface area contributed by atoms with Crippen molar-refractivity contribution in [3.8, 4) is 11.5 Å². The quantitative estimate of drug-likeness (QED) is 0.219. The topological polar surface area (TPSA) is 95.4 Å². The number of carbonyl (C=O) groups is 1. The fourth-order valence-corrected chi connectivity index (χ4v) is 3.04. The summed E-state index contributed by atoms with van der Waals surface area (Å²) in [6.07, 6.45) is 0.768. The van der Waals surface area contributed by atoms with E-state index in [0.29, 0.717) is 36.1 Å². The van der Waals surface area contributed by atoms with Gasteiger partial charge in [0.05, 0.1) is 20.3 Å². The molecule has 3 N–H and O–H groups in total. The van der Waals surface area contributed by atoms with Crippen LogP contribution in [0.15, 0.2) is 47.5 Å². The molecule has 8 nitrogen and oxygen atoms in total. The molecule has 0 radical (unpaired) electrons. The van der Waals surface area contributed by atoms with E-state index in [1.807, 2.05) is 49.4 Å². The normalized spacial score (nSPS) is 10.8. The highest BCUT2D eigenvalue weighted by Gasteiger charge is 2.09. The molecule has 2 aromatic rings. The van der Waals surface area contributed by atoms with Crippen LogP contribution < -0.4 is 20.1 Å². The number of methoxy groups -OCH3 is 1. The number of nitrogens with one attached hydrogen (secondary N) is 2. The Hall–Kier alpha value is -2.53. The van der Waals surface area contributed by atoms with Crippen molar-refractivity contribution in [2.24, 2.45) is 4.99 Å². The first kappa shape index (κ1) is 28.5. The van der Waals surface area contributed by atoms with Gasteiger partial charge in [0, 0.05) is 32.7 Å². The number of benzene rings is 2. The van der Waals surface area contributed by atoms with Gasteiger partial charge in [-0.3, -0.25) is 4.79 Å². The maximum atomic E-state index is 12.2. The number of carbonyl (C=O) groups excluding carboxylic acids is 1. The highest BCUT2D eigenvalue weighted by atomic mass is 127. The zero-order valence-electron chi connectivity index (χ0n) is 19.8. The lowest BCUT2D eigenvalue weighted by molar-refractivity contribution is 0.0827. The van der Waals surface area contributed by atoms with E-state index in [1.165, 1.54) is 0 Å². The molecule has 0 saturated heterocycles. The van der Waals surface area contributed by atoms with Crippen molar-refractivity contribution in [3.05, 3.63) is 59.2 Å². The number of aliphatic hydroxyl groups is 1. The van der Waals surface area contributed by atoms with Crippen molar-refractivity contribution in [2.75, 3.05) is 47.5 Å². The lowest BCUT2D eigenvalue weighted by atomic mass is 10.1. The van der Waals surface area contributed by atoms with Crippen LogP contribution in [0.25, 0.3) is 0 Å². The van der Waals surface area contributed by atoms with E-state index in [-0.39, 0.29) is 43.1 Å². The lowest BCUT2D eigenvalue weighted by Crippen LogP contribution is -2.38. The van der Waals surface area contributed by atoms with Crippen LogP contribution in [0, 0.1) is 0 Å². The van der Waals surface area contributed by atoms with Crippen LogP contribution in [-0.4, -0.2) is 69.4 Å². The molecule has 0 heterocycles. The molecular weight excluding hydrogens is 535 g/mol. The molecule has 2 rings (SSSR count). The van der Waals surface area contributed by atoms with Gasteiger partial charge in [0.2, 0.25) is 0 Å². The third-order valence-electron chi connectivity index (χ3n) is 4.63. The maximum Gasteiger partial charge on any atom is 0.253 e. The number of guanidine groups is 1. The molecule has 0 aliphatic heterocycles. The van der Waals surface area contributed by atoms with Crippen LogP contribution in [0.2, 0.25) is 0 Å².